The van der Waals surface area contributed by atoms with Crippen molar-refractivity contribution in [3.05, 3.63) is 21.7 Å². The highest BCUT2D eigenvalue weighted by Gasteiger charge is 2.26. The molecule has 0 aliphatic heterocycles. The van der Waals surface area contributed by atoms with Crippen LogP contribution >= 0.6 is 22.7 Å². The summed E-state index contributed by atoms with van der Waals surface area (Å²) < 4.78 is 25.8. The van der Waals surface area contributed by atoms with Crippen LogP contribution in [0.15, 0.2) is 15.8 Å². The van der Waals surface area contributed by atoms with Crippen molar-refractivity contribution >= 4 is 48.5 Å². The summed E-state index contributed by atoms with van der Waals surface area (Å²) in [6.45, 7) is 0. The number of sulfonamides is 1. The number of hydrazine groups is 1. The van der Waals surface area contributed by atoms with Crippen LogP contribution in [0.25, 0.3) is 0 Å². The molecule has 13 heteroatoms. The minimum Gasteiger partial charge on any atom is -0.310 e. The van der Waals surface area contributed by atoms with Crippen LogP contribution in [0.5, 0.6) is 0 Å². The Morgan fingerprint density at radius 1 is 1.47 bits per heavy atom. The number of nitrogen functional groups attached to an aromatic ring is 1. The number of thiophene rings is 1. The number of nitrogens with two attached hydrogens (primary N) is 1. The first-order valence-corrected chi connectivity index (χ1v) is 7.66. The van der Waals surface area contributed by atoms with E-state index in [0.29, 0.717) is 11.3 Å². The van der Waals surface area contributed by atoms with Crippen LogP contribution in [0.2, 0.25) is 0 Å². The minimum atomic E-state index is -3.95. The van der Waals surface area contributed by atoms with Crippen molar-refractivity contribution < 1.29 is 13.3 Å². The molecule has 2 aromatic rings. The van der Waals surface area contributed by atoms with Crippen LogP contribution in [0.1, 0.15) is 0 Å². The smallest absolute Gasteiger partial charge is 0.306 e. The summed E-state index contributed by atoms with van der Waals surface area (Å²) in [6, 6.07) is 0.920. The Labute approximate surface area is 114 Å². The van der Waals surface area contributed by atoms with Gasteiger partial charge in [-0.3, -0.25) is 14.8 Å². The van der Waals surface area contributed by atoms with Crippen molar-refractivity contribution in [2.75, 3.05) is 10.1 Å². The molecule has 10 nitrogen and oxygen atoms in total. The van der Waals surface area contributed by atoms with Crippen LogP contribution in [0.3, 0.4) is 0 Å². The van der Waals surface area contributed by atoms with Crippen molar-refractivity contribution in [3.63, 3.8) is 0 Å². The Kier molecular flexibility index (Phi) is 3.61. The van der Waals surface area contributed by atoms with Gasteiger partial charge in [-0.1, -0.05) is 22.7 Å². The average Bonchev–Trinajstić information content (AvgIpc) is 2.95. The van der Waals surface area contributed by atoms with E-state index in [-0.39, 0.29) is 14.3 Å². The number of nitrogens with one attached hydrogen (secondary N) is 2. The second kappa shape index (κ2) is 5.04. The molecule has 0 bridgehead atoms. The lowest BCUT2D eigenvalue weighted by molar-refractivity contribution is -0.383. The van der Waals surface area contributed by atoms with Gasteiger partial charge in [0, 0.05) is 6.07 Å². The van der Waals surface area contributed by atoms with E-state index in [9.17, 15) is 18.5 Å². The van der Waals surface area contributed by atoms with E-state index >= 15 is 0 Å². The van der Waals surface area contributed by atoms with Gasteiger partial charge in [0.25, 0.3) is 10.0 Å². The largest absolute Gasteiger partial charge is 0.310 e. The average molecular weight is 322 g/mol. The number of hydrogen-bond donors (Lipinski definition) is 3. The van der Waals surface area contributed by atoms with Crippen LogP contribution in [-0.2, 0) is 10.0 Å². The number of aromatic nitrogens is 2. The zero-order valence-electron chi connectivity index (χ0n) is 8.93. The molecular weight excluding hydrogens is 316 g/mol. The standard InChI is InChI=1S/C6H6N6O4S3/c7-9-5-3(12(13)14)1-4(18-5)19(15,16)11-6-10-8-2-17-6/h1-2,9H,7H2,(H,10,11). The Morgan fingerprint density at radius 2 is 2.21 bits per heavy atom. The first-order valence-electron chi connectivity index (χ1n) is 4.48. The molecule has 2 aromatic heterocycles. The fraction of sp³-hybridized carbons (Fsp3) is 0. The van der Waals surface area contributed by atoms with Gasteiger partial charge in [-0.25, -0.2) is 14.3 Å². The summed E-state index contributed by atoms with van der Waals surface area (Å²) in [6.07, 6.45) is 0. The van der Waals surface area contributed by atoms with E-state index in [1.54, 1.807) is 0 Å². The number of rotatable bonds is 5. The van der Waals surface area contributed by atoms with Gasteiger partial charge < -0.3 is 5.43 Å². The summed E-state index contributed by atoms with van der Waals surface area (Å²) in [7, 11) is -3.95. The molecule has 0 saturated carbocycles. The summed E-state index contributed by atoms with van der Waals surface area (Å²) >= 11 is 1.63. The van der Waals surface area contributed by atoms with E-state index in [1.807, 2.05) is 0 Å². The molecule has 0 spiro atoms. The fourth-order valence-corrected chi connectivity index (χ4v) is 4.04. The predicted octanol–water partition coefficient (Wildman–Crippen LogP) is 0.594. The van der Waals surface area contributed by atoms with Crippen molar-refractivity contribution in [2.45, 2.75) is 4.21 Å². The monoisotopic (exact) mass is 322 g/mol. The third-order valence-corrected chi connectivity index (χ3v) is 5.47. The lowest BCUT2D eigenvalue weighted by atomic mass is 10.5. The molecule has 0 aliphatic rings. The number of nitro groups is 1. The summed E-state index contributed by atoms with van der Waals surface area (Å²) in [5, 5.41) is 17.7. The van der Waals surface area contributed by atoms with Crippen molar-refractivity contribution in [1.82, 2.24) is 10.2 Å². The molecule has 0 unspecified atom stereocenters. The summed E-state index contributed by atoms with van der Waals surface area (Å²) in [5.41, 5.74) is 3.02. The highest BCUT2D eigenvalue weighted by molar-refractivity contribution is 7.95. The molecule has 102 valence electrons. The fourth-order valence-electron chi connectivity index (χ4n) is 1.11. The molecule has 0 aromatic carbocycles. The third-order valence-electron chi connectivity index (χ3n) is 1.86. The maximum absolute atomic E-state index is 12.0. The third kappa shape index (κ3) is 2.78. The number of anilines is 2. The molecule has 0 fully saturated rings. The molecule has 19 heavy (non-hydrogen) atoms. The maximum Gasteiger partial charge on any atom is 0.306 e. The second-order valence-corrected chi connectivity index (χ2v) is 6.83. The van der Waals surface area contributed by atoms with Gasteiger partial charge in [-0.2, -0.15) is 0 Å². The predicted molar refractivity (Wildman–Crippen MR) is 69.5 cm³/mol. The minimum absolute atomic E-state index is 0.0531. The van der Waals surface area contributed by atoms with E-state index in [4.69, 9.17) is 5.84 Å². The molecule has 2 heterocycles. The highest BCUT2D eigenvalue weighted by Crippen LogP contribution is 2.36. The topological polar surface area (TPSA) is 153 Å². The van der Waals surface area contributed by atoms with E-state index < -0.39 is 20.6 Å². The molecule has 0 radical (unpaired) electrons. The second-order valence-electron chi connectivity index (χ2n) is 3.03. The number of nitrogens with zero attached hydrogens (tertiary/aromatic N) is 3. The van der Waals surface area contributed by atoms with Gasteiger partial charge in [0.2, 0.25) is 5.13 Å². The Morgan fingerprint density at radius 3 is 2.68 bits per heavy atom. The SMILES string of the molecule is NNc1sc(S(=O)(=O)Nc2nncs2)cc1[N+](=O)[O-]. The van der Waals surface area contributed by atoms with Gasteiger partial charge in [0.05, 0.1) is 4.92 Å². The lowest BCUT2D eigenvalue weighted by Gasteiger charge is -2.00. The first kappa shape index (κ1) is 13.6. The van der Waals surface area contributed by atoms with Crippen LogP contribution in [-0.4, -0.2) is 23.5 Å². The van der Waals surface area contributed by atoms with E-state index in [1.165, 1.54) is 5.51 Å². The quantitative estimate of drug-likeness (QED) is 0.410. The van der Waals surface area contributed by atoms with Gasteiger partial charge in [0.15, 0.2) is 5.00 Å². The Balaban J connectivity index is 2.38. The zero-order chi connectivity index (χ0) is 14.0. The van der Waals surface area contributed by atoms with Crippen molar-refractivity contribution in [2.24, 2.45) is 5.84 Å². The summed E-state index contributed by atoms with van der Waals surface area (Å²) in [4.78, 5) is 9.99. The molecule has 0 atom stereocenters. The molecule has 0 saturated heterocycles. The van der Waals surface area contributed by atoms with Gasteiger partial charge in [-0.15, -0.1) is 10.2 Å². The zero-order valence-corrected chi connectivity index (χ0v) is 11.4. The molecule has 2 rings (SSSR count). The van der Waals surface area contributed by atoms with Crippen LogP contribution < -0.4 is 16.0 Å². The molecular formula is C6H6N6O4S3. The van der Waals surface area contributed by atoms with Crippen molar-refractivity contribution in [3.8, 4) is 0 Å². The van der Waals surface area contributed by atoms with Crippen LogP contribution in [0.4, 0.5) is 15.8 Å². The van der Waals surface area contributed by atoms with E-state index in [2.05, 4.69) is 20.3 Å². The van der Waals surface area contributed by atoms with Gasteiger partial charge in [0.1, 0.15) is 9.72 Å². The highest BCUT2D eigenvalue weighted by atomic mass is 32.2. The van der Waals surface area contributed by atoms with Gasteiger partial charge in [-0.05, 0) is 0 Å². The normalized spacial score (nSPS) is 11.2. The summed E-state index contributed by atoms with van der Waals surface area (Å²) in [5.74, 6) is 5.10. The Hall–Kier alpha value is -1.83. The maximum atomic E-state index is 12.0. The van der Waals surface area contributed by atoms with Gasteiger partial charge >= 0.3 is 5.69 Å². The van der Waals surface area contributed by atoms with Crippen LogP contribution in [0, 0.1) is 10.1 Å². The lowest BCUT2D eigenvalue weighted by Crippen LogP contribution is -2.11. The molecule has 0 aliphatic carbocycles. The number of hydrogen-bond acceptors (Lipinski definition) is 10. The molecule has 4 N–H and O–H groups in total. The first-order chi connectivity index (χ1) is 8.94. The van der Waals surface area contributed by atoms with E-state index in [0.717, 1.165) is 17.4 Å². The Bertz CT molecular complexity index is 693. The molecule has 0 amide bonds. The van der Waals surface area contributed by atoms with Crippen molar-refractivity contribution in [1.29, 1.82) is 0 Å².